The topological polar surface area (TPSA) is 65.1 Å². The van der Waals surface area contributed by atoms with Gasteiger partial charge in [-0.2, -0.15) is 5.10 Å². The molecule has 0 bridgehead atoms. The number of thiophene rings is 1. The Kier molecular flexibility index (Phi) is 9.93. The summed E-state index contributed by atoms with van der Waals surface area (Å²) in [5.74, 6) is 0.906. The SMILES string of the molecule is CCNC(=NCCCc1cn[nH]c1C)NCCc1cccs1.I. The fraction of sp³-hybridized carbons (Fsp3) is 0.500. The molecule has 0 radical (unpaired) electrons. The number of H-pyrrole nitrogens is 1. The predicted octanol–water partition coefficient (Wildman–Crippen LogP) is 3.13. The number of guanidine groups is 1. The summed E-state index contributed by atoms with van der Waals surface area (Å²) in [5.41, 5.74) is 2.44. The van der Waals surface area contributed by atoms with Gasteiger partial charge in [-0.25, -0.2) is 0 Å². The molecule has 2 aromatic heterocycles. The zero-order valence-corrected chi connectivity index (χ0v) is 16.9. The van der Waals surface area contributed by atoms with E-state index in [1.807, 2.05) is 6.20 Å². The molecule has 0 atom stereocenters. The van der Waals surface area contributed by atoms with Gasteiger partial charge in [0.1, 0.15) is 0 Å². The Morgan fingerprint density at radius 3 is 2.87 bits per heavy atom. The van der Waals surface area contributed by atoms with Crippen molar-refractivity contribution >= 4 is 41.3 Å². The third-order valence-corrected chi connectivity index (χ3v) is 4.33. The third kappa shape index (κ3) is 7.34. The molecule has 0 aliphatic carbocycles. The van der Waals surface area contributed by atoms with Gasteiger partial charge in [-0.15, -0.1) is 35.3 Å². The van der Waals surface area contributed by atoms with Crippen molar-refractivity contribution in [3.05, 3.63) is 39.8 Å². The largest absolute Gasteiger partial charge is 0.357 e. The van der Waals surface area contributed by atoms with E-state index in [0.29, 0.717) is 0 Å². The lowest BCUT2D eigenvalue weighted by Gasteiger charge is -2.10. The van der Waals surface area contributed by atoms with Crippen molar-refractivity contribution in [2.45, 2.75) is 33.1 Å². The summed E-state index contributed by atoms with van der Waals surface area (Å²) in [6.07, 6.45) is 4.99. The highest BCUT2D eigenvalue weighted by Gasteiger charge is 2.01. The fourth-order valence-electron chi connectivity index (χ4n) is 2.19. The lowest BCUT2D eigenvalue weighted by Crippen LogP contribution is -2.38. The summed E-state index contributed by atoms with van der Waals surface area (Å²) in [6, 6.07) is 4.26. The number of hydrogen-bond donors (Lipinski definition) is 3. The Hall–Kier alpha value is -1.09. The van der Waals surface area contributed by atoms with E-state index >= 15 is 0 Å². The number of aromatic nitrogens is 2. The molecule has 0 saturated carbocycles. The number of nitrogens with zero attached hydrogens (tertiary/aromatic N) is 2. The highest BCUT2D eigenvalue weighted by Crippen LogP contribution is 2.08. The number of nitrogens with one attached hydrogen (secondary N) is 3. The molecule has 0 aliphatic heterocycles. The smallest absolute Gasteiger partial charge is 0.191 e. The molecule has 0 saturated heterocycles. The van der Waals surface area contributed by atoms with E-state index in [2.05, 4.69) is 57.2 Å². The van der Waals surface area contributed by atoms with E-state index in [4.69, 9.17) is 0 Å². The van der Waals surface area contributed by atoms with Gasteiger partial charge >= 0.3 is 0 Å². The summed E-state index contributed by atoms with van der Waals surface area (Å²) in [5, 5.41) is 15.8. The van der Waals surface area contributed by atoms with Gasteiger partial charge in [-0.3, -0.25) is 10.1 Å². The van der Waals surface area contributed by atoms with Gasteiger partial charge in [0.2, 0.25) is 0 Å². The van der Waals surface area contributed by atoms with Crippen LogP contribution in [-0.4, -0.2) is 35.8 Å². The van der Waals surface area contributed by atoms with E-state index in [-0.39, 0.29) is 24.0 Å². The van der Waals surface area contributed by atoms with Crippen LogP contribution in [0.2, 0.25) is 0 Å². The Morgan fingerprint density at radius 1 is 1.35 bits per heavy atom. The van der Waals surface area contributed by atoms with Crippen molar-refractivity contribution in [1.29, 1.82) is 0 Å². The van der Waals surface area contributed by atoms with Crippen LogP contribution in [0, 0.1) is 6.92 Å². The third-order valence-electron chi connectivity index (χ3n) is 3.40. The molecule has 7 heteroatoms. The zero-order valence-electron chi connectivity index (χ0n) is 13.8. The van der Waals surface area contributed by atoms with Crippen molar-refractivity contribution < 1.29 is 0 Å². The van der Waals surface area contributed by atoms with E-state index in [9.17, 15) is 0 Å². The van der Waals surface area contributed by atoms with Crippen LogP contribution in [-0.2, 0) is 12.8 Å². The van der Waals surface area contributed by atoms with Crippen LogP contribution in [0.3, 0.4) is 0 Å². The number of hydrogen-bond acceptors (Lipinski definition) is 3. The average molecular weight is 447 g/mol. The molecule has 0 unspecified atom stereocenters. The first-order chi connectivity index (χ1) is 10.8. The molecule has 2 heterocycles. The van der Waals surface area contributed by atoms with Crippen LogP contribution in [0.4, 0.5) is 0 Å². The summed E-state index contributed by atoms with van der Waals surface area (Å²) in [6.45, 7) is 6.75. The number of aromatic amines is 1. The van der Waals surface area contributed by atoms with E-state index < -0.39 is 0 Å². The number of aryl methyl sites for hydroxylation is 2. The second-order valence-electron chi connectivity index (χ2n) is 5.14. The molecular weight excluding hydrogens is 421 g/mol. The minimum Gasteiger partial charge on any atom is -0.357 e. The van der Waals surface area contributed by atoms with Gasteiger partial charge in [-0.1, -0.05) is 6.07 Å². The van der Waals surface area contributed by atoms with E-state index in [1.54, 1.807) is 11.3 Å². The monoisotopic (exact) mass is 447 g/mol. The lowest BCUT2D eigenvalue weighted by molar-refractivity contribution is 0.778. The first-order valence-electron chi connectivity index (χ1n) is 7.83. The Morgan fingerprint density at radius 2 is 2.22 bits per heavy atom. The molecule has 2 aromatic rings. The Balaban J connectivity index is 0.00000264. The maximum Gasteiger partial charge on any atom is 0.191 e. The van der Waals surface area contributed by atoms with Crippen molar-refractivity contribution in [3.63, 3.8) is 0 Å². The highest BCUT2D eigenvalue weighted by molar-refractivity contribution is 14.0. The molecule has 0 amide bonds. The van der Waals surface area contributed by atoms with E-state index in [1.165, 1.54) is 10.4 Å². The molecule has 2 rings (SSSR count). The summed E-state index contributed by atoms with van der Waals surface area (Å²) in [7, 11) is 0. The number of halogens is 1. The standard InChI is InChI=1S/C16H25N5S.HI/c1-3-17-16(19-10-8-15-7-5-11-22-15)18-9-4-6-14-12-20-21-13(14)2;/h5,7,11-12H,3-4,6,8-10H2,1-2H3,(H,20,21)(H2,17,18,19);1H. The highest BCUT2D eigenvalue weighted by atomic mass is 127. The number of rotatable bonds is 8. The quantitative estimate of drug-likeness (QED) is 0.252. The molecule has 5 nitrogen and oxygen atoms in total. The second-order valence-corrected chi connectivity index (χ2v) is 6.17. The lowest BCUT2D eigenvalue weighted by atomic mass is 10.1. The van der Waals surface area contributed by atoms with E-state index in [0.717, 1.165) is 50.6 Å². The van der Waals surface area contributed by atoms with Gasteiger partial charge in [-0.05, 0) is 50.1 Å². The molecule has 0 aromatic carbocycles. The second kappa shape index (κ2) is 11.4. The van der Waals surface area contributed by atoms with Crippen molar-refractivity contribution in [2.24, 2.45) is 4.99 Å². The van der Waals surface area contributed by atoms with Crippen LogP contribution in [0.15, 0.2) is 28.7 Å². The van der Waals surface area contributed by atoms with Gasteiger partial charge in [0.15, 0.2) is 5.96 Å². The minimum absolute atomic E-state index is 0. The van der Waals surface area contributed by atoms with Gasteiger partial charge in [0, 0.05) is 30.2 Å². The average Bonchev–Trinajstić information content (AvgIpc) is 3.15. The van der Waals surface area contributed by atoms with Crippen LogP contribution in [0.25, 0.3) is 0 Å². The maximum absolute atomic E-state index is 4.63. The molecule has 0 spiro atoms. The number of aliphatic imine (C=N–C) groups is 1. The summed E-state index contributed by atoms with van der Waals surface area (Å²) >= 11 is 1.80. The molecule has 23 heavy (non-hydrogen) atoms. The fourth-order valence-corrected chi connectivity index (χ4v) is 2.90. The Bertz CT molecular complexity index is 565. The molecule has 0 aliphatic rings. The molecule has 128 valence electrons. The Labute approximate surface area is 159 Å². The van der Waals surface area contributed by atoms with Gasteiger partial charge < -0.3 is 10.6 Å². The minimum atomic E-state index is 0. The normalized spacial score (nSPS) is 11.1. The van der Waals surface area contributed by atoms with Gasteiger partial charge in [0.05, 0.1) is 6.20 Å². The summed E-state index contributed by atoms with van der Waals surface area (Å²) < 4.78 is 0. The van der Waals surface area contributed by atoms with Crippen molar-refractivity contribution in [2.75, 3.05) is 19.6 Å². The van der Waals surface area contributed by atoms with Crippen LogP contribution >= 0.6 is 35.3 Å². The molecule has 0 fully saturated rings. The van der Waals surface area contributed by atoms with Crippen molar-refractivity contribution in [1.82, 2.24) is 20.8 Å². The predicted molar refractivity (Wildman–Crippen MR) is 109 cm³/mol. The van der Waals surface area contributed by atoms with Gasteiger partial charge in [0.25, 0.3) is 0 Å². The molecular formula is C16H26IN5S. The summed E-state index contributed by atoms with van der Waals surface area (Å²) in [4.78, 5) is 6.03. The van der Waals surface area contributed by atoms with Crippen molar-refractivity contribution in [3.8, 4) is 0 Å². The zero-order chi connectivity index (χ0) is 15.6. The van der Waals surface area contributed by atoms with Crippen LogP contribution in [0.1, 0.15) is 29.5 Å². The first kappa shape index (κ1) is 20.0. The maximum atomic E-state index is 4.63. The van der Waals surface area contributed by atoms with Crippen LogP contribution in [0.5, 0.6) is 0 Å². The molecule has 3 N–H and O–H groups in total. The van der Waals surface area contributed by atoms with Crippen LogP contribution < -0.4 is 10.6 Å². The first-order valence-corrected chi connectivity index (χ1v) is 8.71.